The minimum absolute atomic E-state index is 0.452. The molecule has 3 heteroatoms. The molecule has 2 bridgehead atoms. The van der Waals surface area contributed by atoms with Crippen molar-refractivity contribution in [1.82, 2.24) is 0 Å². The molecule has 3 unspecified atom stereocenters. The van der Waals surface area contributed by atoms with Crippen molar-refractivity contribution in [1.29, 1.82) is 0 Å². The number of fused-ring (bicyclic) bond motifs is 2. The zero-order chi connectivity index (χ0) is 6.97. The van der Waals surface area contributed by atoms with Gasteiger partial charge in [0, 0.05) is 5.92 Å². The number of nitrogens with two attached hydrogens (primary N) is 1. The Labute approximate surface area is 60.4 Å². The third kappa shape index (κ3) is 0.944. The van der Waals surface area contributed by atoms with Crippen LogP contribution in [0.4, 0.5) is 0 Å². The molecule has 2 heterocycles. The van der Waals surface area contributed by atoms with Gasteiger partial charge in [-0.2, -0.15) is 0 Å². The average Bonchev–Trinajstić information content (AvgIpc) is 2.48. The normalized spacial score (nSPS) is 44.7. The molecule has 0 aromatic carbocycles. The van der Waals surface area contributed by atoms with Crippen molar-refractivity contribution in [2.45, 2.75) is 31.5 Å². The Balaban J connectivity index is 1.90. The molecule has 0 aromatic rings. The molecule has 2 aliphatic rings. The first kappa shape index (κ1) is 6.58. The Kier molecular flexibility index (Phi) is 1.64. The number of ether oxygens (including phenoxy) is 1. The Morgan fingerprint density at radius 3 is 2.90 bits per heavy atom. The molecule has 0 aromatic heterocycles. The van der Waals surface area contributed by atoms with Crippen molar-refractivity contribution in [3.8, 4) is 0 Å². The first-order valence-corrected chi connectivity index (χ1v) is 3.87. The fourth-order valence-electron chi connectivity index (χ4n) is 2.04. The summed E-state index contributed by atoms with van der Waals surface area (Å²) in [6, 6.07) is 0. The van der Waals surface area contributed by atoms with Crippen LogP contribution in [-0.4, -0.2) is 18.8 Å². The molecule has 2 saturated heterocycles. The Hall–Kier alpha value is -0.120. The summed E-state index contributed by atoms with van der Waals surface area (Å²) < 4.78 is 5.60. The van der Waals surface area contributed by atoms with Gasteiger partial charge in [-0.15, -0.1) is 0 Å². The third-order valence-corrected chi connectivity index (χ3v) is 2.54. The molecule has 0 aliphatic carbocycles. The Morgan fingerprint density at radius 1 is 1.50 bits per heavy atom. The molecule has 2 aliphatic heterocycles. The first-order chi connectivity index (χ1) is 4.90. The Morgan fingerprint density at radius 2 is 2.40 bits per heavy atom. The highest BCUT2D eigenvalue weighted by Gasteiger charge is 2.40. The molecule has 2 fully saturated rings. The van der Waals surface area contributed by atoms with E-state index in [-0.39, 0.29) is 0 Å². The first-order valence-electron chi connectivity index (χ1n) is 3.87. The maximum atomic E-state index is 5.60. The zero-order valence-electron chi connectivity index (χ0n) is 5.95. The summed E-state index contributed by atoms with van der Waals surface area (Å²) in [5.74, 6) is 5.56. The van der Waals surface area contributed by atoms with Gasteiger partial charge in [0.15, 0.2) is 0 Å². The predicted molar refractivity (Wildman–Crippen MR) is 36.1 cm³/mol. The lowest BCUT2D eigenvalue weighted by Crippen LogP contribution is -2.23. The van der Waals surface area contributed by atoms with E-state index in [9.17, 15) is 0 Å². The fourth-order valence-corrected chi connectivity index (χ4v) is 2.04. The standard InChI is InChI=1S/C7H13NO2/c8-9-4-5-3-6-1-2-7(5)10-6/h5-7H,1-4,8H2. The summed E-state index contributed by atoms with van der Waals surface area (Å²) in [6.07, 6.45) is 4.57. The summed E-state index contributed by atoms with van der Waals surface area (Å²) in [7, 11) is 0. The van der Waals surface area contributed by atoms with Gasteiger partial charge in [-0.05, 0) is 19.3 Å². The lowest BCUT2D eigenvalue weighted by molar-refractivity contribution is 0.0514. The third-order valence-electron chi connectivity index (χ3n) is 2.54. The molecule has 58 valence electrons. The van der Waals surface area contributed by atoms with Crippen LogP contribution in [0.1, 0.15) is 19.3 Å². The smallest absolute Gasteiger partial charge is 0.0733 e. The maximum Gasteiger partial charge on any atom is 0.0733 e. The Bertz CT molecular complexity index is 129. The van der Waals surface area contributed by atoms with Gasteiger partial charge in [-0.3, -0.25) is 0 Å². The number of hydrogen-bond donors (Lipinski definition) is 1. The summed E-state index contributed by atoms with van der Waals surface area (Å²) in [5, 5.41) is 0. The molecule has 2 rings (SSSR count). The molecule has 10 heavy (non-hydrogen) atoms. The van der Waals surface area contributed by atoms with Gasteiger partial charge < -0.3 is 9.57 Å². The summed E-state index contributed by atoms with van der Waals surface area (Å²) in [4.78, 5) is 4.60. The highest BCUT2D eigenvalue weighted by atomic mass is 16.6. The van der Waals surface area contributed by atoms with Gasteiger partial charge in [-0.25, -0.2) is 5.90 Å². The largest absolute Gasteiger partial charge is 0.375 e. The van der Waals surface area contributed by atoms with Crippen molar-refractivity contribution in [2.24, 2.45) is 11.8 Å². The minimum Gasteiger partial charge on any atom is -0.375 e. The SMILES string of the molecule is NOCC1CC2CCC1O2. The molecule has 0 amide bonds. The second kappa shape index (κ2) is 2.49. The highest BCUT2D eigenvalue weighted by molar-refractivity contribution is 4.88. The van der Waals surface area contributed by atoms with Crippen molar-refractivity contribution in [3.63, 3.8) is 0 Å². The molecule has 0 saturated carbocycles. The monoisotopic (exact) mass is 143 g/mol. The maximum absolute atomic E-state index is 5.60. The second-order valence-electron chi connectivity index (χ2n) is 3.20. The topological polar surface area (TPSA) is 44.5 Å². The lowest BCUT2D eigenvalue weighted by Gasteiger charge is -2.16. The molecule has 0 radical (unpaired) electrons. The van der Waals surface area contributed by atoms with Crippen molar-refractivity contribution < 1.29 is 9.57 Å². The molecule has 2 N–H and O–H groups in total. The van der Waals surface area contributed by atoms with E-state index < -0.39 is 0 Å². The molecule has 3 atom stereocenters. The van der Waals surface area contributed by atoms with E-state index in [1.807, 2.05) is 0 Å². The summed E-state index contributed by atoms with van der Waals surface area (Å²) >= 11 is 0. The van der Waals surface area contributed by atoms with Gasteiger partial charge in [0.2, 0.25) is 0 Å². The summed E-state index contributed by atoms with van der Waals surface area (Å²) in [5.41, 5.74) is 0. The van der Waals surface area contributed by atoms with Crippen molar-refractivity contribution in [3.05, 3.63) is 0 Å². The molecule has 0 spiro atoms. The van der Waals surface area contributed by atoms with E-state index in [1.165, 1.54) is 12.8 Å². The lowest BCUT2D eigenvalue weighted by atomic mass is 9.90. The van der Waals surface area contributed by atoms with Crippen LogP contribution in [0, 0.1) is 5.92 Å². The van der Waals surface area contributed by atoms with Crippen LogP contribution in [0.15, 0.2) is 0 Å². The van der Waals surface area contributed by atoms with E-state index in [0.29, 0.717) is 24.7 Å². The van der Waals surface area contributed by atoms with E-state index in [1.54, 1.807) is 0 Å². The van der Waals surface area contributed by atoms with Gasteiger partial charge in [0.25, 0.3) is 0 Å². The fraction of sp³-hybridized carbons (Fsp3) is 1.00. The van der Waals surface area contributed by atoms with Crippen molar-refractivity contribution in [2.75, 3.05) is 6.61 Å². The van der Waals surface area contributed by atoms with Gasteiger partial charge in [0.05, 0.1) is 18.8 Å². The average molecular weight is 143 g/mol. The zero-order valence-corrected chi connectivity index (χ0v) is 5.95. The number of rotatable bonds is 2. The van der Waals surface area contributed by atoms with Gasteiger partial charge in [-0.1, -0.05) is 0 Å². The molecular weight excluding hydrogens is 130 g/mol. The molecular formula is C7H13NO2. The van der Waals surface area contributed by atoms with Gasteiger partial charge in [0.1, 0.15) is 0 Å². The van der Waals surface area contributed by atoms with E-state index >= 15 is 0 Å². The van der Waals surface area contributed by atoms with Crippen LogP contribution in [0.2, 0.25) is 0 Å². The van der Waals surface area contributed by atoms with Crippen LogP contribution in [0.3, 0.4) is 0 Å². The van der Waals surface area contributed by atoms with Crippen LogP contribution >= 0.6 is 0 Å². The quantitative estimate of drug-likeness (QED) is 0.570. The predicted octanol–water partition coefficient (Wildman–Crippen LogP) is 0.444. The van der Waals surface area contributed by atoms with E-state index in [0.717, 1.165) is 6.42 Å². The minimum atomic E-state index is 0.452. The van der Waals surface area contributed by atoms with Gasteiger partial charge >= 0.3 is 0 Å². The second-order valence-corrected chi connectivity index (χ2v) is 3.20. The highest BCUT2D eigenvalue weighted by Crippen LogP contribution is 2.38. The van der Waals surface area contributed by atoms with E-state index in [4.69, 9.17) is 10.6 Å². The van der Waals surface area contributed by atoms with Crippen LogP contribution in [0.5, 0.6) is 0 Å². The summed E-state index contributed by atoms with van der Waals surface area (Å²) in [6.45, 7) is 0.668. The van der Waals surface area contributed by atoms with Crippen LogP contribution in [-0.2, 0) is 9.57 Å². The van der Waals surface area contributed by atoms with Crippen LogP contribution < -0.4 is 5.90 Å². The van der Waals surface area contributed by atoms with E-state index in [2.05, 4.69) is 4.84 Å². The van der Waals surface area contributed by atoms with Crippen molar-refractivity contribution >= 4 is 0 Å². The van der Waals surface area contributed by atoms with Crippen LogP contribution in [0.25, 0.3) is 0 Å². The molecule has 3 nitrogen and oxygen atoms in total. The number of hydrogen-bond acceptors (Lipinski definition) is 3.